The number of nitrogens with zero attached hydrogens (tertiary/aromatic N) is 2. The Labute approximate surface area is 228 Å². The van der Waals surface area contributed by atoms with Crippen molar-refractivity contribution in [3.8, 4) is 11.4 Å². The fourth-order valence-electron chi connectivity index (χ4n) is 6.42. The van der Waals surface area contributed by atoms with Gasteiger partial charge in [0.15, 0.2) is 0 Å². The van der Waals surface area contributed by atoms with Crippen LogP contribution in [0.25, 0.3) is 75.2 Å². The Hall–Kier alpha value is -4.86. The highest BCUT2D eigenvalue weighted by molar-refractivity contribution is 7.25. The molecule has 3 heteroatoms. The summed E-state index contributed by atoms with van der Waals surface area (Å²) in [7, 11) is 0. The van der Waals surface area contributed by atoms with Gasteiger partial charge in [-0.15, -0.1) is 11.3 Å². The van der Waals surface area contributed by atoms with E-state index in [1.54, 1.807) is 0 Å². The first-order valence-electron chi connectivity index (χ1n) is 13.3. The molecular weight excluding hydrogens is 492 g/mol. The number of hydrogen-bond acceptors (Lipinski definition) is 1. The van der Waals surface area contributed by atoms with E-state index in [1.807, 2.05) is 11.3 Å². The summed E-state index contributed by atoms with van der Waals surface area (Å²) in [4.78, 5) is 0. The summed E-state index contributed by atoms with van der Waals surface area (Å²) in [6.07, 6.45) is 0. The van der Waals surface area contributed by atoms with Crippen molar-refractivity contribution >= 4 is 75.1 Å². The van der Waals surface area contributed by atoms with Crippen LogP contribution in [0.5, 0.6) is 0 Å². The quantitative estimate of drug-likeness (QED) is 0.217. The highest BCUT2D eigenvalue weighted by Crippen LogP contribution is 2.41. The van der Waals surface area contributed by atoms with Gasteiger partial charge in [-0.3, -0.25) is 0 Å². The summed E-state index contributed by atoms with van der Waals surface area (Å²) in [5, 5.41) is 7.78. The van der Waals surface area contributed by atoms with Crippen molar-refractivity contribution in [1.82, 2.24) is 9.13 Å². The molecule has 3 heterocycles. The second kappa shape index (κ2) is 7.83. The molecule has 0 radical (unpaired) electrons. The second-order valence-electron chi connectivity index (χ2n) is 10.2. The standard InChI is InChI=1S/C36H22N2S/c1-2-10-23(11-3-1)37-31-15-7-4-12-25(31)28-20-24(18-19-33(28)37)38-32-16-8-5-13-26(32)29-22-36-30(21-34(29)38)27-14-6-9-17-35(27)39-36/h1-22H. The van der Waals surface area contributed by atoms with Crippen LogP contribution in [0, 0.1) is 0 Å². The Morgan fingerprint density at radius 2 is 0.923 bits per heavy atom. The zero-order chi connectivity index (χ0) is 25.5. The highest BCUT2D eigenvalue weighted by atomic mass is 32.1. The molecule has 0 bridgehead atoms. The van der Waals surface area contributed by atoms with Gasteiger partial charge in [0.1, 0.15) is 0 Å². The van der Waals surface area contributed by atoms with E-state index in [-0.39, 0.29) is 0 Å². The molecular formula is C36H22N2S. The third-order valence-electron chi connectivity index (χ3n) is 8.10. The molecule has 0 aliphatic heterocycles. The molecule has 39 heavy (non-hydrogen) atoms. The summed E-state index contributed by atoms with van der Waals surface area (Å²) >= 11 is 1.88. The maximum absolute atomic E-state index is 2.45. The van der Waals surface area contributed by atoms with Gasteiger partial charge in [0, 0.05) is 53.1 Å². The summed E-state index contributed by atoms with van der Waals surface area (Å²) < 4.78 is 7.51. The van der Waals surface area contributed by atoms with Crippen molar-refractivity contribution in [2.45, 2.75) is 0 Å². The average Bonchev–Trinajstić information content (AvgIpc) is 3.63. The van der Waals surface area contributed by atoms with E-state index < -0.39 is 0 Å². The van der Waals surface area contributed by atoms with Gasteiger partial charge in [0.25, 0.3) is 0 Å². The maximum Gasteiger partial charge on any atom is 0.0548 e. The Balaban J connectivity index is 1.39. The summed E-state index contributed by atoms with van der Waals surface area (Å²) in [5.74, 6) is 0. The molecule has 9 rings (SSSR count). The van der Waals surface area contributed by atoms with Crippen LogP contribution in [0.3, 0.4) is 0 Å². The van der Waals surface area contributed by atoms with Gasteiger partial charge >= 0.3 is 0 Å². The number of rotatable bonds is 2. The normalized spacial score (nSPS) is 12.1. The van der Waals surface area contributed by atoms with Gasteiger partial charge in [0.05, 0.1) is 22.1 Å². The topological polar surface area (TPSA) is 9.86 Å². The molecule has 3 aromatic heterocycles. The van der Waals surface area contributed by atoms with E-state index in [4.69, 9.17) is 0 Å². The van der Waals surface area contributed by atoms with E-state index in [9.17, 15) is 0 Å². The highest BCUT2D eigenvalue weighted by Gasteiger charge is 2.17. The molecule has 0 N–H and O–H groups in total. The van der Waals surface area contributed by atoms with Crippen molar-refractivity contribution in [3.63, 3.8) is 0 Å². The van der Waals surface area contributed by atoms with Crippen LogP contribution in [0.4, 0.5) is 0 Å². The minimum atomic E-state index is 1.18. The molecule has 0 amide bonds. The van der Waals surface area contributed by atoms with E-state index in [1.165, 1.54) is 75.2 Å². The fraction of sp³-hybridized carbons (Fsp3) is 0. The number of thiophene rings is 1. The minimum Gasteiger partial charge on any atom is -0.309 e. The monoisotopic (exact) mass is 514 g/mol. The van der Waals surface area contributed by atoms with Gasteiger partial charge in [-0.1, -0.05) is 72.8 Å². The fourth-order valence-corrected chi connectivity index (χ4v) is 7.55. The lowest BCUT2D eigenvalue weighted by molar-refractivity contribution is 1.17. The number of fused-ring (bicyclic) bond motifs is 9. The van der Waals surface area contributed by atoms with Crippen molar-refractivity contribution in [1.29, 1.82) is 0 Å². The molecule has 2 nitrogen and oxygen atoms in total. The second-order valence-corrected chi connectivity index (χ2v) is 11.3. The molecule has 0 aliphatic rings. The van der Waals surface area contributed by atoms with E-state index in [0.717, 1.165) is 0 Å². The number of hydrogen-bond donors (Lipinski definition) is 0. The van der Waals surface area contributed by atoms with Crippen molar-refractivity contribution < 1.29 is 0 Å². The van der Waals surface area contributed by atoms with Gasteiger partial charge in [-0.2, -0.15) is 0 Å². The van der Waals surface area contributed by atoms with Crippen LogP contribution >= 0.6 is 11.3 Å². The molecule has 0 unspecified atom stereocenters. The number of aromatic nitrogens is 2. The number of benzene rings is 6. The van der Waals surface area contributed by atoms with Gasteiger partial charge in [-0.05, 0) is 60.7 Å². The first-order valence-corrected chi connectivity index (χ1v) is 14.1. The molecule has 182 valence electrons. The van der Waals surface area contributed by atoms with Crippen LogP contribution in [-0.2, 0) is 0 Å². The molecule has 0 aliphatic carbocycles. The van der Waals surface area contributed by atoms with Crippen LogP contribution in [0.15, 0.2) is 133 Å². The van der Waals surface area contributed by atoms with E-state index >= 15 is 0 Å². The maximum atomic E-state index is 2.45. The smallest absolute Gasteiger partial charge is 0.0548 e. The SMILES string of the molecule is c1ccc(-n2c3ccccc3c3cc(-n4c5ccccc5c5cc6sc7ccccc7c6cc54)ccc32)cc1. The molecule has 0 spiro atoms. The van der Waals surface area contributed by atoms with Crippen molar-refractivity contribution in [3.05, 3.63) is 133 Å². The first-order chi connectivity index (χ1) is 19.3. The molecule has 0 atom stereocenters. The lowest BCUT2D eigenvalue weighted by Gasteiger charge is -2.10. The Morgan fingerprint density at radius 3 is 1.69 bits per heavy atom. The van der Waals surface area contributed by atoms with Gasteiger partial charge < -0.3 is 9.13 Å². The minimum absolute atomic E-state index is 1.18. The average molecular weight is 515 g/mol. The molecule has 6 aromatic carbocycles. The van der Waals surface area contributed by atoms with Crippen molar-refractivity contribution in [2.75, 3.05) is 0 Å². The van der Waals surface area contributed by atoms with Crippen LogP contribution in [0.2, 0.25) is 0 Å². The Bertz CT molecular complexity index is 2390. The summed E-state index contributed by atoms with van der Waals surface area (Å²) in [5.41, 5.74) is 7.30. The third-order valence-corrected chi connectivity index (χ3v) is 9.23. The molecule has 0 saturated carbocycles. The van der Waals surface area contributed by atoms with Crippen LogP contribution in [-0.4, -0.2) is 9.13 Å². The van der Waals surface area contributed by atoms with Gasteiger partial charge in [-0.25, -0.2) is 0 Å². The van der Waals surface area contributed by atoms with E-state index in [0.29, 0.717) is 0 Å². The summed E-state index contributed by atoms with van der Waals surface area (Å²) in [6, 6.07) is 48.7. The largest absolute Gasteiger partial charge is 0.309 e. The summed E-state index contributed by atoms with van der Waals surface area (Å²) in [6.45, 7) is 0. The predicted molar refractivity (Wildman–Crippen MR) is 168 cm³/mol. The Morgan fingerprint density at radius 1 is 0.333 bits per heavy atom. The zero-order valence-electron chi connectivity index (χ0n) is 21.0. The van der Waals surface area contributed by atoms with Crippen LogP contribution in [0.1, 0.15) is 0 Å². The van der Waals surface area contributed by atoms with Gasteiger partial charge in [0.2, 0.25) is 0 Å². The lowest BCUT2D eigenvalue weighted by Crippen LogP contribution is -1.95. The number of para-hydroxylation sites is 3. The predicted octanol–water partition coefficient (Wildman–Crippen LogP) is 10.2. The molecule has 0 saturated heterocycles. The zero-order valence-corrected chi connectivity index (χ0v) is 21.8. The van der Waals surface area contributed by atoms with Crippen molar-refractivity contribution in [2.24, 2.45) is 0 Å². The van der Waals surface area contributed by atoms with E-state index in [2.05, 4.69) is 143 Å². The van der Waals surface area contributed by atoms with Crippen LogP contribution < -0.4 is 0 Å². The Kier molecular flexibility index (Phi) is 4.24. The third kappa shape index (κ3) is 2.91. The first kappa shape index (κ1) is 21.1. The lowest BCUT2D eigenvalue weighted by atomic mass is 10.1. The molecule has 0 fully saturated rings. The molecule has 9 aromatic rings.